The van der Waals surface area contributed by atoms with E-state index in [0.29, 0.717) is 0 Å². The van der Waals surface area contributed by atoms with Gasteiger partial charge in [0.05, 0.1) is 16.9 Å². The Hall–Kier alpha value is -0.660. The Morgan fingerprint density at radius 1 is 1.62 bits per heavy atom. The zero-order chi connectivity index (χ0) is 10.0. The van der Waals surface area contributed by atoms with Crippen LogP contribution in [0.4, 0.5) is 8.78 Å². The van der Waals surface area contributed by atoms with Crippen molar-refractivity contribution in [3.63, 3.8) is 0 Å². The molecule has 0 saturated carbocycles. The summed E-state index contributed by atoms with van der Waals surface area (Å²) in [6.07, 6.45) is -1.72. The summed E-state index contributed by atoms with van der Waals surface area (Å²) in [6, 6.07) is 0. The SMILES string of the molecule is COc1c(O)cnc(C(F)F)c1I. The Bertz CT molecular complexity index is 320. The van der Waals surface area contributed by atoms with Gasteiger partial charge in [-0.2, -0.15) is 0 Å². The molecule has 0 fully saturated rings. The van der Waals surface area contributed by atoms with Crippen molar-refractivity contribution in [2.24, 2.45) is 0 Å². The summed E-state index contributed by atoms with van der Waals surface area (Å²) in [5, 5.41) is 9.16. The van der Waals surface area contributed by atoms with Crippen LogP contribution in [0.2, 0.25) is 0 Å². The molecular weight excluding hydrogens is 295 g/mol. The number of hydrogen-bond donors (Lipinski definition) is 1. The van der Waals surface area contributed by atoms with E-state index in [1.54, 1.807) is 22.6 Å². The Morgan fingerprint density at radius 2 is 2.23 bits per heavy atom. The molecule has 3 nitrogen and oxygen atoms in total. The fourth-order valence-corrected chi connectivity index (χ4v) is 1.69. The number of aromatic hydroxyl groups is 1. The molecule has 0 atom stereocenters. The van der Waals surface area contributed by atoms with Crippen molar-refractivity contribution in [3.8, 4) is 11.5 Å². The minimum absolute atomic E-state index is 0.0332. The lowest BCUT2D eigenvalue weighted by Crippen LogP contribution is -1.98. The van der Waals surface area contributed by atoms with E-state index in [1.807, 2.05) is 0 Å². The third kappa shape index (κ3) is 1.98. The molecule has 0 saturated heterocycles. The van der Waals surface area contributed by atoms with E-state index < -0.39 is 6.43 Å². The van der Waals surface area contributed by atoms with Gasteiger partial charge >= 0.3 is 0 Å². The normalized spacial score (nSPS) is 10.5. The van der Waals surface area contributed by atoms with Crippen molar-refractivity contribution in [3.05, 3.63) is 15.5 Å². The number of rotatable bonds is 2. The lowest BCUT2D eigenvalue weighted by atomic mass is 10.3. The smallest absolute Gasteiger partial charge is 0.281 e. The van der Waals surface area contributed by atoms with Gasteiger partial charge in [0, 0.05) is 0 Å². The summed E-state index contributed by atoms with van der Waals surface area (Å²) in [7, 11) is 1.30. The second-order valence-corrected chi connectivity index (χ2v) is 3.26. The number of halogens is 3. The predicted molar refractivity (Wildman–Crippen MR) is 50.1 cm³/mol. The van der Waals surface area contributed by atoms with Gasteiger partial charge in [-0.3, -0.25) is 4.98 Å². The fraction of sp³-hybridized carbons (Fsp3) is 0.286. The Morgan fingerprint density at radius 3 is 2.69 bits per heavy atom. The molecule has 0 spiro atoms. The van der Waals surface area contributed by atoms with Gasteiger partial charge < -0.3 is 9.84 Å². The Balaban J connectivity index is 3.27. The van der Waals surface area contributed by atoms with Crippen molar-refractivity contribution < 1.29 is 18.6 Å². The Kier molecular flexibility index (Phi) is 3.23. The molecule has 1 N–H and O–H groups in total. The first kappa shape index (κ1) is 10.4. The molecule has 0 unspecified atom stereocenters. The molecule has 0 aliphatic carbocycles. The maximum absolute atomic E-state index is 12.3. The molecule has 72 valence electrons. The second-order valence-electron chi connectivity index (χ2n) is 2.18. The van der Waals surface area contributed by atoms with Crippen LogP contribution >= 0.6 is 22.6 Å². The molecule has 1 rings (SSSR count). The van der Waals surface area contributed by atoms with E-state index in [0.717, 1.165) is 6.20 Å². The van der Waals surface area contributed by atoms with Gasteiger partial charge in [-0.05, 0) is 22.6 Å². The maximum atomic E-state index is 12.3. The van der Waals surface area contributed by atoms with Crippen LogP contribution in [0.1, 0.15) is 12.1 Å². The number of nitrogens with zero attached hydrogens (tertiary/aromatic N) is 1. The maximum Gasteiger partial charge on any atom is 0.281 e. The van der Waals surface area contributed by atoms with E-state index in [4.69, 9.17) is 9.84 Å². The molecule has 0 aliphatic rings. The quantitative estimate of drug-likeness (QED) is 0.853. The average Bonchev–Trinajstić information content (AvgIpc) is 2.04. The zero-order valence-corrected chi connectivity index (χ0v) is 8.75. The van der Waals surface area contributed by atoms with Crippen LogP contribution in [0.25, 0.3) is 0 Å². The predicted octanol–water partition coefficient (Wildman–Crippen LogP) is 2.34. The zero-order valence-electron chi connectivity index (χ0n) is 6.59. The third-order valence-corrected chi connectivity index (χ3v) is 2.44. The summed E-state index contributed by atoms with van der Waals surface area (Å²) >= 11 is 1.65. The fourth-order valence-electron chi connectivity index (χ4n) is 0.821. The van der Waals surface area contributed by atoms with E-state index in [1.165, 1.54) is 7.11 Å². The highest BCUT2D eigenvalue weighted by molar-refractivity contribution is 14.1. The van der Waals surface area contributed by atoms with Crippen LogP contribution in [0.15, 0.2) is 6.20 Å². The Labute approximate surface area is 86.9 Å². The molecule has 13 heavy (non-hydrogen) atoms. The number of alkyl halides is 2. The first-order valence-electron chi connectivity index (χ1n) is 3.27. The lowest BCUT2D eigenvalue weighted by Gasteiger charge is -2.08. The van der Waals surface area contributed by atoms with Gasteiger partial charge in [-0.15, -0.1) is 0 Å². The van der Waals surface area contributed by atoms with Crippen molar-refractivity contribution in [1.29, 1.82) is 0 Å². The standard InChI is InChI=1S/C7H6F2INO2/c1-13-6-3(12)2-11-5(4(6)10)7(8)9/h2,7,12H,1H3. The summed E-state index contributed by atoms with van der Waals surface area (Å²) in [5.74, 6) is -0.206. The first-order valence-corrected chi connectivity index (χ1v) is 4.35. The molecule has 0 aliphatic heterocycles. The average molecular weight is 301 g/mol. The van der Waals surface area contributed by atoms with E-state index in [-0.39, 0.29) is 20.8 Å². The van der Waals surface area contributed by atoms with Crippen LogP contribution in [0.3, 0.4) is 0 Å². The van der Waals surface area contributed by atoms with Crippen LogP contribution in [0, 0.1) is 3.57 Å². The summed E-state index contributed by atoms with van der Waals surface area (Å²) in [5.41, 5.74) is -0.379. The highest BCUT2D eigenvalue weighted by atomic mass is 127. The van der Waals surface area contributed by atoms with Gasteiger partial charge in [0.15, 0.2) is 11.5 Å². The van der Waals surface area contributed by atoms with E-state index in [2.05, 4.69) is 4.98 Å². The van der Waals surface area contributed by atoms with Gasteiger partial charge in [0.2, 0.25) is 0 Å². The summed E-state index contributed by atoms with van der Waals surface area (Å²) < 4.78 is 29.4. The van der Waals surface area contributed by atoms with Crippen LogP contribution in [-0.4, -0.2) is 17.2 Å². The van der Waals surface area contributed by atoms with Crippen molar-refractivity contribution in [1.82, 2.24) is 4.98 Å². The van der Waals surface area contributed by atoms with Crippen LogP contribution in [0.5, 0.6) is 11.5 Å². The van der Waals surface area contributed by atoms with E-state index in [9.17, 15) is 8.78 Å². The molecule has 6 heteroatoms. The molecule has 1 heterocycles. The molecule has 1 aromatic heterocycles. The first-order chi connectivity index (χ1) is 6.07. The molecule has 0 radical (unpaired) electrons. The van der Waals surface area contributed by atoms with Gasteiger partial charge in [0.1, 0.15) is 5.69 Å². The summed E-state index contributed by atoms with van der Waals surface area (Å²) in [4.78, 5) is 3.40. The molecule has 0 amide bonds. The number of ether oxygens (including phenoxy) is 1. The monoisotopic (exact) mass is 301 g/mol. The van der Waals surface area contributed by atoms with E-state index >= 15 is 0 Å². The van der Waals surface area contributed by atoms with Crippen LogP contribution < -0.4 is 4.74 Å². The second kappa shape index (κ2) is 4.03. The number of pyridine rings is 1. The minimum Gasteiger partial charge on any atom is -0.503 e. The number of hydrogen-bond acceptors (Lipinski definition) is 3. The number of methoxy groups -OCH3 is 1. The van der Waals surface area contributed by atoms with Crippen LogP contribution in [-0.2, 0) is 0 Å². The number of aromatic nitrogens is 1. The third-order valence-electron chi connectivity index (χ3n) is 1.39. The van der Waals surface area contributed by atoms with Crippen molar-refractivity contribution in [2.75, 3.05) is 7.11 Å². The highest BCUT2D eigenvalue weighted by Gasteiger charge is 2.19. The highest BCUT2D eigenvalue weighted by Crippen LogP contribution is 2.35. The minimum atomic E-state index is -2.67. The summed E-state index contributed by atoms with van der Waals surface area (Å²) in [6.45, 7) is 0. The molecule has 0 aromatic carbocycles. The van der Waals surface area contributed by atoms with Gasteiger partial charge in [-0.25, -0.2) is 8.78 Å². The molecule has 0 bridgehead atoms. The van der Waals surface area contributed by atoms with Gasteiger partial charge in [0.25, 0.3) is 6.43 Å². The largest absolute Gasteiger partial charge is 0.503 e. The lowest BCUT2D eigenvalue weighted by molar-refractivity contribution is 0.144. The van der Waals surface area contributed by atoms with Crippen molar-refractivity contribution in [2.45, 2.75) is 6.43 Å². The molecular formula is C7H6F2INO2. The topological polar surface area (TPSA) is 42.4 Å². The van der Waals surface area contributed by atoms with Crippen molar-refractivity contribution >= 4 is 22.6 Å². The molecule has 1 aromatic rings. The van der Waals surface area contributed by atoms with Gasteiger partial charge in [-0.1, -0.05) is 0 Å².